The van der Waals surface area contributed by atoms with Crippen molar-refractivity contribution in [2.45, 2.75) is 51.0 Å². The van der Waals surface area contributed by atoms with Crippen molar-refractivity contribution in [3.8, 4) is 5.75 Å². The zero-order valence-corrected chi connectivity index (χ0v) is 13.1. The Kier molecular flexibility index (Phi) is 5.33. The van der Waals surface area contributed by atoms with Gasteiger partial charge >= 0.3 is 0 Å². The fourth-order valence-electron chi connectivity index (χ4n) is 3.17. The van der Waals surface area contributed by atoms with E-state index in [4.69, 9.17) is 9.47 Å². The fourth-order valence-corrected chi connectivity index (χ4v) is 3.17. The van der Waals surface area contributed by atoms with Crippen LogP contribution in [0.1, 0.15) is 54.4 Å². The summed E-state index contributed by atoms with van der Waals surface area (Å²) in [5, 5.41) is 3.01. The Morgan fingerprint density at radius 3 is 3.05 bits per heavy atom. The van der Waals surface area contributed by atoms with Crippen LogP contribution in [0.5, 0.6) is 5.75 Å². The maximum absolute atomic E-state index is 12.2. The van der Waals surface area contributed by atoms with Gasteiger partial charge in [-0.3, -0.25) is 4.79 Å². The molecule has 0 aliphatic carbocycles. The van der Waals surface area contributed by atoms with Crippen molar-refractivity contribution in [2.24, 2.45) is 0 Å². The first kappa shape index (κ1) is 15.3. The van der Waals surface area contributed by atoms with Crippen LogP contribution in [0, 0.1) is 0 Å². The molecule has 1 aromatic rings. The third-order valence-electron chi connectivity index (χ3n) is 4.43. The van der Waals surface area contributed by atoms with Gasteiger partial charge in [-0.25, -0.2) is 0 Å². The zero-order valence-electron chi connectivity index (χ0n) is 13.1. The van der Waals surface area contributed by atoms with Gasteiger partial charge in [0.2, 0.25) is 0 Å². The first-order valence-electron chi connectivity index (χ1n) is 8.48. The van der Waals surface area contributed by atoms with Crippen molar-refractivity contribution in [1.82, 2.24) is 5.32 Å². The zero-order chi connectivity index (χ0) is 15.2. The van der Waals surface area contributed by atoms with Crippen molar-refractivity contribution in [3.05, 3.63) is 29.3 Å². The van der Waals surface area contributed by atoms with Crippen molar-refractivity contribution >= 4 is 5.91 Å². The van der Waals surface area contributed by atoms with E-state index < -0.39 is 0 Å². The van der Waals surface area contributed by atoms with Crippen LogP contribution in [0.3, 0.4) is 0 Å². The largest absolute Gasteiger partial charge is 0.493 e. The molecule has 22 heavy (non-hydrogen) atoms. The Balaban J connectivity index is 1.40. The number of rotatable bonds is 6. The van der Waals surface area contributed by atoms with Gasteiger partial charge in [0.1, 0.15) is 5.75 Å². The predicted molar refractivity (Wildman–Crippen MR) is 85.4 cm³/mol. The molecule has 4 nitrogen and oxygen atoms in total. The van der Waals surface area contributed by atoms with E-state index in [2.05, 4.69) is 5.32 Å². The molecule has 0 unspecified atom stereocenters. The topological polar surface area (TPSA) is 47.6 Å². The van der Waals surface area contributed by atoms with Gasteiger partial charge in [-0.05, 0) is 68.7 Å². The number of carbonyl (C=O) groups is 1. The number of hydrogen-bond donors (Lipinski definition) is 1. The van der Waals surface area contributed by atoms with Crippen molar-refractivity contribution in [1.29, 1.82) is 0 Å². The standard InChI is InChI=1S/C18H25NO3/c20-18(19-10-2-1-6-16-7-4-11-21-16)15-8-9-17-14(13-15)5-3-12-22-17/h8-9,13,16H,1-7,10-12H2,(H,19,20)/t16-/m1/s1. The second-order valence-electron chi connectivity index (χ2n) is 6.16. The van der Waals surface area contributed by atoms with Gasteiger partial charge in [0.25, 0.3) is 5.91 Å². The number of ether oxygens (including phenoxy) is 2. The molecule has 1 N–H and O–H groups in total. The molecule has 0 saturated carbocycles. The van der Waals surface area contributed by atoms with E-state index in [1.807, 2.05) is 18.2 Å². The van der Waals surface area contributed by atoms with Crippen LogP contribution < -0.4 is 10.1 Å². The normalized spacial score (nSPS) is 20.3. The van der Waals surface area contributed by atoms with Crippen LogP contribution in [0.15, 0.2) is 18.2 Å². The highest BCUT2D eigenvalue weighted by Crippen LogP contribution is 2.25. The molecule has 1 saturated heterocycles. The number of aryl methyl sites for hydroxylation is 1. The summed E-state index contributed by atoms with van der Waals surface area (Å²) in [6, 6.07) is 5.74. The minimum atomic E-state index is 0.0190. The molecule has 3 rings (SSSR count). The van der Waals surface area contributed by atoms with Crippen LogP contribution in [0.25, 0.3) is 0 Å². The first-order valence-corrected chi connectivity index (χ1v) is 8.48. The molecule has 2 aliphatic rings. The van der Waals surface area contributed by atoms with E-state index >= 15 is 0 Å². The summed E-state index contributed by atoms with van der Waals surface area (Å²) >= 11 is 0. The van der Waals surface area contributed by atoms with Crippen molar-refractivity contribution in [3.63, 3.8) is 0 Å². The number of amides is 1. The summed E-state index contributed by atoms with van der Waals surface area (Å²) in [5.41, 5.74) is 1.89. The summed E-state index contributed by atoms with van der Waals surface area (Å²) in [7, 11) is 0. The summed E-state index contributed by atoms with van der Waals surface area (Å²) in [5.74, 6) is 0.949. The van der Waals surface area contributed by atoms with E-state index in [1.54, 1.807) is 0 Å². The molecule has 0 radical (unpaired) electrons. The maximum Gasteiger partial charge on any atom is 0.251 e. The average molecular weight is 303 g/mol. The van der Waals surface area contributed by atoms with Gasteiger partial charge in [0, 0.05) is 18.7 Å². The number of hydrogen-bond acceptors (Lipinski definition) is 3. The molecule has 4 heteroatoms. The van der Waals surface area contributed by atoms with Gasteiger partial charge in [-0.1, -0.05) is 0 Å². The molecule has 0 spiro atoms. The van der Waals surface area contributed by atoms with Crippen LogP contribution >= 0.6 is 0 Å². The quantitative estimate of drug-likeness (QED) is 0.822. The minimum Gasteiger partial charge on any atom is -0.493 e. The molecule has 2 heterocycles. The molecule has 1 aromatic carbocycles. The third-order valence-corrected chi connectivity index (χ3v) is 4.43. The molecule has 0 aromatic heterocycles. The Labute approximate surface area is 132 Å². The Hall–Kier alpha value is -1.55. The molecular formula is C18H25NO3. The smallest absolute Gasteiger partial charge is 0.251 e. The maximum atomic E-state index is 12.2. The van der Waals surface area contributed by atoms with E-state index in [1.165, 1.54) is 12.8 Å². The average Bonchev–Trinajstić information content (AvgIpc) is 3.07. The van der Waals surface area contributed by atoms with Gasteiger partial charge in [0.05, 0.1) is 12.7 Å². The van der Waals surface area contributed by atoms with Crippen LogP contribution in [0.2, 0.25) is 0 Å². The highest BCUT2D eigenvalue weighted by atomic mass is 16.5. The van der Waals surface area contributed by atoms with Crippen LogP contribution in [-0.4, -0.2) is 31.8 Å². The van der Waals surface area contributed by atoms with E-state index in [0.717, 1.165) is 68.7 Å². The Morgan fingerprint density at radius 1 is 1.23 bits per heavy atom. The van der Waals surface area contributed by atoms with E-state index in [9.17, 15) is 4.79 Å². The SMILES string of the molecule is O=C(NCCCC[C@@H]1CCCO1)c1ccc2c(c1)CCCO2. The molecule has 1 amide bonds. The van der Waals surface area contributed by atoms with Gasteiger partial charge < -0.3 is 14.8 Å². The highest BCUT2D eigenvalue weighted by Gasteiger charge is 2.15. The van der Waals surface area contributed by atoms with Crippen molar-refractivity contribution in [2.75, 3.05) is 19.8 Å². The first-order chi connectivity index (χ1) is 10.8. The predicted octanol–water partition coefficient (Wildman–Crippen LogP) is 3.09. The lowest BCUT2D eigenvalue weighted by atomic mass is 10.0. The van der Waals surface area contributed by atoms with E-state index in [0.29, 0.717) is 6.10 Å². The summed E-state index contributed by atoms with van der Waals surface area (Å²) in [6.45, 7) is 2.44. The Morgan fingerprint density at radius 2 is 2.18 bits per heavy atom. The lowest BCUT2D eigenvalue weighted by Gasteiger charge is -2.17. The molecule has 1 fully saturated rings. The summed E-state index contributed by atoms with van der Waals surface area (Å²) < 4.78 is 11.2. The highest BCUT2D eigenvalue weighted by molar-refractivity contribution is 5.94. The molecule has 120 valence electrons. The second-order valence-corrected chi connectivity index (χ2v) is 6.16. The second kappa shape index (κ2) is 7.63. The lowest BCUT2D eigenvalue weighted by molar-refractivity contribution is 0.0947. The molecular weight excluding hydrogens is 278 g/mol. The minimum absolute atomic E-state index is 0.0190. The Bertz CT molecular complexity index is 509. The third kappa shape index (κ3) is 4.01. The molecule has 0 bridgehead atoms. The number of nitrogens with one attached hydrogen (secondary N) is 1. The monoisotopic (exact) mass is 303 g/mol. The summed E-state index contributed by atoms with van der Waals surface area (Å²) in [4.78, 5) is 12.2. The van der Waals surface area contributed by atoms with Crippen molar-refractivity contribution < 1.29 is 14.3 Å². The van der Waals surface area contributed by atoms with Crippen LogP contribution in [0.4, 0.5) is 0 Å². The van der Waals surface area contributed by atoms with Crippen LogP contribution in [-0.2, 0) is 11.2 Å². The number of carbonyl (C=O) groups excluding carboxylic acids is 1. The number of unbranched alkanes of at least 4 members (excludes halogenated alkanes) is 1. The lowest BCUT2D eigenvalue weighted by Crippen LogP contribution is -2.25. The number of benzene rings is 1. The van der Waals surface area contributed by atoms with E-state index in [-0.39, 0.29) is 5.91 Å². The molecule has 1 atom stereocenters. The summed E-state index contributed by atoms with van der Waals surface area (Å²) in [6.07, 6.45) is 8.12. The van der Waals surface area contributed by atoms with Gasteiger partial charge in [-0.2, -0.15) is 0 Å². The number of fused-ring (bicyclic) bond motifs is 1. The van der Waals surface area contributed by atoms with Gasteiger partial charge in [0.15, 0.2) is 0 Å². The van der Waals surface area contributed by atoms with Gasteiger partial charge in [-0.15, -0.1) is 0 Å². The fraction of sp³-hybridized carbons (Fsp3) is 0.611. The molecule has 2 aliphatic heterocycles.